The molecule has 0 atom stereocenters. The van der Waals surface area contributed by atoms with Crippen molar-refractivity contribution in [3.05, 3.63) is 59.7 Å². The minimum atomic E-state index is 0.477. The number of hydrogen-bond acceptors (Lipinski definition) is 2. The quantitative estimate of drug-likeness (QED) is 0.822. The molecule has 2 rings (SSSR count). The van der Waals surface area contributed by atoms with Crippen molar-refractivity contribution >= 4 is 5.69 Å². The normalized spacial score (nSPS) is 10.6. The first-order valence-corrected chi connectivity index (χ1v) is 6.23. The topological polar surface area (TPSA) is 35.2 Å². The lowest BCUT2D eigenvalue weighted by Crippen LogP contribution is -2.00. The molecular formula is C16H19NO. The number of nitrogens with two attached hydrogens (primary N) is 1. The fourth-order valence-electron chi connectivity index (χ4n) is 1.77. The van der Waals surface area contributed by atoms with Crippen molar-refractivity contribution < 1.29 is 4.74 Å². The average Bonchev–Trinajstić information content (AvgIpc) is 2.38. The lowest BCUT2D eigenvalue weighted by molar-refractivity contribution is 0.307. The van der Waals surface area contributed by atoms with Gasteiger partial charge in [0, 0.05) is 0 Å². The highest BCUT2D eigenvalue weighted by molar-refractivity contribution is 5.54. The van der Waals surface area contributed by atoms with Crippen molar-refractivity contribution in [2.24, 2.45) is 0 Å². The predicted octanol–water partition coefficient (Wildman–Crippen LogP) is 3.97. The van der Waals surface area contributed by atoms with E-state index < -0.39 is 0 Å². The van der Waals surface area contributed by atoms with Crippen LogP contribution in [0.2, 0.25) is 0 Å². The molecule has 2 aromatic rings. The molecule has 2 aromatic carbocycles. The highest BCUT2D eigenvalue weighted by atomic mass is 16.5. The molecule has 2 N–H and O–H groups in total. The molecule has 0 spiro atoms. The fourth-order valence-corrected chi connectivity index (χ4v) is 1.77. The molecule has 0 radical (unpaired) electrons. The molecule has 2 heteroatoms. The minimum Gasteiger partial charge on any atom is -0.487 e. The van der Waals surface area contributed by atoms with Gasteiger partial charge in [-0.2, -0.15) is 0 Å². The molecule has 0 saturated carbocycles. The number of hydrogen-bond donors (Lipinski definition) is 1. The summed E-state index contributed by atoms with van der Waals surface area (Å²) in [6.45, 7) is 4.87. The molecule has 0 saturated heterocycles. The van der Waals surface area contributed by atoms with Gasteiger partial charge in [-0.15, -0.1) is 0 Å². The lowest BCUT2D eigenvalue weighted by atomic mass is 10.0. The number of benzene rings is 2. The highest BCUT2D eigenvalue weighted by Crippen LogP contribution is 2.27. The number of nitrogen functional groups attached to an aromatic ring is 1. The Morgan fingerprint density at radius 1 is 1.06 bits per heavy atom. The zero-order valence-corrected chi connectivity index (χ0v) is 10.9. The van der Waals surface area contributed by atoms with E-state index in [1.165, 1.54) is 5.56 Å². The number of ether oxygens (including phenoxy) is 1. The van der Waals surface area contributed by atoms with Crippen molar-refractivity contribution in [3.8, 4) is 5.75 Å². The Balaban J connectivity index is 2.11. The van der Waals surface area contributed by atoms with Crippen LogP contribution in [0.15, 0.2) is 48.5 Å². The molecular weight excluding hydrogens is 222 g/mol. The summed E-state index contributed by atoms with van der Waals surface area (Å²) in [5.41, 5.74) is 9.01. The minimum absolute atomic E-state index is 0.477. The summed E-state index contributed by atoms with van der Waals surface area (Å²) < 4.78 is 5.79. The van der Waals surface area contributed by atoms with E-state index in [4.69, 9.17) is 10.5 Å². The predicted molar refractivity (Wildman–Crippen MR) is 75.7 cm³/mol. The largest absolute Gasteiger partial charge is 0.487 e. The Labute approximate surface area is 108 Å². The van der Waals surface area contributed by atoms with Crippen LogP contribution in [-0.4, -0.2) is 0 Å². The van der Waals surface area contributed by atoms with E-state index in [0.29, 0.717) is 18.2 Å². The third-order valence-electron chi connectivity index (χ3n) is 2.94. The Kier molecular flexibility index (Phi) is 3.88. The van der Waals surface area contributed by atoms with E-state index in [2.05, 4.69) is 19.9 Å². The molecule has 0 amide bonds. The molecule has 0 unspecified atom stereocenters. The van der Waals surface area contributed by atoms with Crippen molar-refractivity contribution in [2.45, 2.75) is 26.4 Å². The van der Waals surface area contributed by atoms with Gasteiger partial charge >= 0.3 is 0 Å². The van der Waals surface area contributed by atoms with Gasteiger partial charge in [0.2, 0.25) is 0 Å². The fraction of sp³-hybridized carbons (Fsp3) is 0.250. The number of rotatable bonds is 4. The van der Waals surface area contributed by atoms with E-state index in [1.54, 1.807) is 0 Å². The van der Waals surface area contributed by atoms with E-state index in [0.717, 1.165) is 11.3 Å². The molecule has 0 bridgehead atoms. The van der Waals surface area contributed by atoms with Gasteiger partial charge in [-0.1, -0.05) is 50.2 Å². The lowest BCUT2D eigenvalue weighted by Gasteiger charge is -2.12. The van der Waals surface area contributed by atoms with Gasteiger partial charge in [0.25, 0.3) is 0 Å². The van der Waals surface area contributed by atoms with Gasteiger partial charge < -0.3 is 10.5 Å². The maximum absolute atomic E-state index is 5.93. The number of anilines is 1. The van der Waals surface area contributed by atoms with Gasteiger partial charge in [-0.3, -0.25) is 0 Å². The third-order valence-corrected chi connectivity index (χ3v) is 2.94. The maximum Gasteiger partial charge on any atom is 0.142 e. The van der Waals surface area contributed by atoms with Crippen molar-refractivity contribution in [1.82, 2.24) is 0 Å². The van der Waals surface area contributed by atoms with Crippen LogP contribution in [0.4, 0.5) is 5.69 Å². The standard InChI is InChI=1S/C16H19NO/c1-12(2)14-8-9-15(17)16(10-14)18-11-13-6-4-3-5-7-13/h3-10,12H,11,17H2,1-2H3. The highest BCUT2D eigenvalue weighted by Gasteiger charge is 2.05. The summed E-state index contributed by atoms with van der Waals surface area (Å²) >= 11 is 0. The van der Waals surface area contributed by atoms with E-state index >= 15 is 0 Å². The second-order valence-electron chi connectivity index (χ2n) is 4.73. The summed E-state index contributed by atoms with van der Waals surface area (Å²) in [7, 11) is 0. The maximum atomic E-state index is 5.93. The van der Waals surface area contributed by atoms with Crippen LogP contribution in [0.25, 0.3) is 0 Å². The summed E-state index contributed by atoms with van der Waals surface area (Å²) in [4.78, 5) is 0. The summed E-state index contributed by atoms with van der Waals surface area (Å²) in [6.07, 6.45) is 0. The molecule has 94 valence electrons. The summed E-state index contributed by atoms with van der Waals surface area (Å²) in [5, 5.41) is 0. The second-order valence-corrected chi connectivity index (χ2v) is 4.73. The second kappa shape index (κ2) is 5.58. The summed E-state index contributed by atoms with van der Waals surface area (Å²) in [6, 6.07) is 16.1. The van der Waals surface area contributed by atoms with E-state index in [-0.39, 0.29) is 0 Å². The average molecular weight is 241 g/mol. The van der Waals surface area contributed by atoms with Gasteiger partial charge in [0.15, 0.2) is 0 Å². The SMILES string of the molecule is CC(C)c1ccc(N)c(OCc2ccccc2)c1. The Hall–Kier alpha value is -1.96. The van der Waals surface area contributed by atoms with E-state index in [9.17, 15) is 0 Å². The van der Waals surface area contributed by atoms with Crippen LogP contribution >= 0.6 is 0 Å². The van der Waals surface area contributed by atoms with Gasteiger partial charge in [-0.25, -0.2) is 0 Å². The first kappa shape index (κ1) is 12.5. The first-order valence-electron chi connectivity index (χ1n) is 6.23. The molecule has 0 aliphatic carbocycles. The van der Waals surface area contributed by atoms with Crippen LogP contribution in [-0.2, 0) is 6.61 Å². The van der Waals surface area contributed by atoms with Gasteiger partial charge in [0.1, 0.15) is 12.4 Å². The summed E-state index contributed by atoms with van der Waals surface area (Å²) in [5.74, 6) is 1.25. The van der Waals surface area contributed by atoms with Crippen molar-refractivity contribution in [3.63, 3.8) is 0 Å². The van der Waals surface area contributed by atoms with Gasteiger partial charge in [-0.05, 0) is 29.2 Å². The van der Waals surface area contributed by atoms with Crippen LogP contribution in [0.5, 0.6) is 5.75 Å². The van der Waals surface area contributed by atoms with Crippen molar-refractivity contribution in [2.75, 3.05) is 5.73 Å². The van der Waals surface area contributed by atoms with Crippen LogP contribution in [0, 0.1) is 0 Å². The molecule has 0 aliphatic heterocycles. The van der Waals surface area contributed by atoms with Gasteiger partial charge in [0.05, 0.1) is 5.69 Å². The molecule has 0 aliphatic rings. The first-order chi connectivity index (χ1) is 8.66. The molecule has 18 heavy (non-hydrogen) atoms. The molecule has 0 fully saturated rings. The Morgan fingerprint density at radius 3 is 2.44 bits per heavy atom. The Bertz CT molecular complexity index is 506. The Morgan fingerprint density at radius 2 is 1.78 bits per heavy atom. The molecule has 2 nitrogen and oxygen atoms in total. The van der Waals surface area contributed by atoms with Crippen molar-refractivity contribution in [1.29, 1.82) is 0 Å². The zero-order chi connectivity index (χ0) is 13.0. The third kappa shape index (κ3) is 3.04. The molecule has 0 aromatic heterocycles. The monoisotopic (exact) mass is 241 g/mol. The molecule has 0 heterocycles. The van der Waals surface area contributed by atoms with Crippen LogP contribution in [0.1, 0.15) is 30.9 Å². The van der Waals surface area contributed by atoms with Crippen LogP contribution < -0.4 is 10.5 Å². The smallest absolute Gasteiger partial charge is 0.142 e. The zero-order valence-electron chi connectivity index (χ0n) is 10.9. The van der Waals surface area contributed by atoms with Crippen LogP contribution in [0.3, 0.4) is 0 Å². The van der Waals surface area contributed by atoms with E-state index in [1.807, 2.05) is 42.5 Å².